The van der Waals surface area contributed by atoms with Crippen molar-refractivity contribution in [2.45, 2.75) is 58.5 Å². The SMILES string of the molecule is CCc1cc2ccc3nc2n1CCCCCc1ccccc1C(=O)NC3C. The molecule has 1 atom stereocenters. The maximum atomic E-state index is 12.9. The van der Waals surface area contributed by atoms with Crippen molar-refractivity contribution in [2.75, 3.05) is 0 Å². The minimum absolute atomic E-state index is 0.0123. The average Bonchev–Trinajstić information content (AvgIpc) is 3.04. The fourth-order valence-corrected chi connectivity index (χ4v) is 4.05. The number of carbonyl (C=O) groups excluding carboxylic acids is 1. The maximum absolute atomic E-state index is 12.9. The summed E-state index contributed by atoms with van der Waals surface area (Å²) >= 11 is 0. The van der Waals surface area contributed by atoms with Gasteiger partial charge in [-0.2, -0.15) is 0 Å². The lowest BCUT2D eigenvalue weighted by Crippen LogP contribution is -2.28. The Kier molecular flexibility index (Phi) is 4.97. The average molecular weight is 361 g/mol. The molecule has 27 heavy (non-hydrogen) atoms. The van der Waals surface area contributed by atoms with Crippen LogP contribution in [0.2, 0.25) is 0 Å². The smallest absolute Gasteiger partial charge is 0.252 e. The molecule has 1 aliphatic heterocycles. The normalized spacial score (nSPS) is 18.1. The van der Waals surface area contributed by atoms with Crippen molar-refractivity contribution in [1.29, 1.82) is 0 Å². The highest BCUT2D eigenvalue weighted by Crippen LogP contribution is 2.24. The molecular weight excluding hydrogens is 334 g/mol. The van der Waals surface area contributed by atoms with Crippen molar-refractivity contribution >= 4 is 16.9 Å². The number of fused-ring (bicyclic) bond motifs is 2. The van der Waals surface area contributed by atoms with Crippen LogP contribution in [-0.4, -0.2) is 15.5 Å². The quantitative estimate of drug-likeness (QED) is 0.676. The topological polar surface area (TPSA) is 46.9 Å². The van der Waals surface area contributed by atoms with Gasteiger partial charge in [-0.1, -0.05) is 31.5 Å². The second-order valence-corrected chi connectivity index (χ2v) is 7.45. The van der Waals surface area contributed by atoms with Crippen LogP contribution in [0.15, 0.2) is 42.5 Å². The van der Waals surface area contributed by atoms with Crippen LogP contribution < -0.4 is 5.32 Å². The highest BCUT2D eigenvalue weighted by atomic mass is 16.1. The van der Waals surface area contributed by atoms with E-state index in [1.54, 1.807) is 0 Å². The molecule has 4 rings (SSSR count). The number of pyridine rings is 1. The fourth-order valence-electron chi connectivity index (χ4n) is 4.05. The van der Waals surface area contributed by atoms with Crippen LogP contribution in [0.5, 0.6) is 0 Å². The van der Waals surface area contributed by atoms with E-state index in [1.807, 2.05) is 31.2 Å². The second kappa shape index (κ2) is 7.55. The van der Waals surface area contributed by atoms with Crippen LogP contribution in [0.1, 0.15) is 66.5 Å². The van der Waals surface area contributed by atoms with E-state index in [2.05, 4.69) is 35.0 Å². The molecule has 1 aromatic carbocycles. The van der Waals surface area contributed by atoms with E-state index in [0.29, 0.717) is 0 Å². The molecule has 0 saturated carbocycles. The molecule has 0 radical (unpaired) electrons. The Labute approximate surface area is 160 Å². The van der Waals surface area contributed by atoms with E-state index in [-0.39, 0.29) is 11.9 Å². The summed E-state index contributed by atoms with van der Waals surface area (Å²) in [5, 5.41) is 4.33. The first-order chi connectivity index (χ1) is 13.2. The summed E-state index contributed by atoms with van der Waals surface area (Å²) in [7, 11) is 0. The molecule has 4 heteroatoms. The molecule has 0 fully saturated rings. The van der Waals surface area contributed by atoms with Crippen molar-refractivity contribution in [2.24, 2.45) is 0 Å². The lowest BCUT2D eigenvalue weighted by atomic mass is 10.00. The Balaban J connectivity index is 1.75. The van der Waals surface area contributed by atoms with Crippen molar-refractivity contribution in [1.82, 2.24) is 14.9 Å². The largest absolute Gasteiger partial charge is 0.344 e. The van der Waals surface area contributed by atoms with E-state index >= 15 is 0 Å². The van der Waals surface area contributed by atoms with Gasteiger partial charge >= 0.3 is 0 Å². The Hall–Kier alpha value is -2.62. The maximum Gasteiger partial charge on any atom is 0.252 e. The molecule has 2 aromatic heterocycles. The molecule has 0 saturated heterocycles. The van der Waals surface area contributed by atoms with Crippen molar-refractivity contribution in [3.05, 3.63) is 65.0 Å². The molecule has 0 spiro atoms. The highest BCUT2D eigenvalue weighted by molar-refractivity contribution is 5.96. The zero-order chi connectivity index (χ0) is 18.8. The number of aryl methyl sites for hydroxylation is 3. The third kappa shape index (κ3) is 3.48. The molecule has 2 bridgehead atoms. The molecule has 0 aliphatic carbocycles. The number of aromatic nitrogens is 2. The predicted octanol–water partition coefficient (Wildman–Crippen LogP) is 4.82. The van der Waals surface area contributed by atoms with Crippen molar-refractivity contribution in [3.63, 3.8) is 0 Å². The van der Waals surface area contributed by atoms with Gasteiger partial charge in [0.1, 0.15) is 5.65 Å². The summed E-state index contributed by atoms with van der Waals surface area (Å²) in [6, 6.07) is 14.3. The number of rotatable bonds is 1. The fraction of sp³-hybridized carbons (Fsp3) is 0.391. The summed E-state index contributed by atoms with van der Waals surface area (Å²) in [5.74, 6) is -0.0123. The molecule has 4 nitrogen and oxygen atoms in total. The van der Waals surface area contributed by atoms with Crippen LogP contribution in [0.3, 0.4) is 0 Å². The monoisotopic (exact) mass is 361 g/mol. The summed E-state index contributed by atoms with van der Waals surface area (Å²) in [4.78, 5) is 17.8. The molecule has 1 N–H and O–H groups in total. The number of nitrogens with one attached hydrogen (secondary N) is 1. The highest BCUT2D eigenvalue weighted by Gasteiger charge is 2.17. The molecule has 1 aliphatic rings. The van der Waals surface area contributed by atoms with Gasteiger partial charge in [0.25, 0.3) is 5.91 Å². The lowest BCUT2D eigenvalue weighted by Gasteiger charge is -2.17. The second-order valence-electron chi connectivity index (χ2n) is 7.45. The van der Waals surface area contributed by atoms with E-state index in [9.17, 15) is 4.79 Å². The minimum Gasteiger partial charge on any atom is -0.344 e. The number of hydrogen-bond donors (Lipinski definition) is 1. The molecule has 3 aromatic rings. The van der Waals surface area contributed by atoms with Gasteiger partial charge in [-0.25, -0.2) is 4.98 Å². The molecule has 1 amide bonds. The van der Waals surface area contributed by atoms with Gasteiger partial charge in [0.2, 0.25) is 0 Å². The first kappa shape index (κ1) is 17.8. The van der Waals surface area contributed by atoms with Gasteiger partial charge in [-0.05, 0) is 62.4 Å². The Morgan fingerprint density at radius 2 is 2.00 bits per heavy atom. The molecular formula is C23H27N3O. The van der Waals surface area contributed by atoms with Gasteiger partial charge in [0.05, 0.1) is 11.7 Å². The third-order valence-corrected chi connectivity index (χ3v) is 5.59. The van der Waals surface area contributed by atoms with E-state index in [4.69, 9.17) is 4.98 Å². The van der Waals surface area contributed by atoms with Crippen LogP contribution in [0, 0.1) is 0 Å². The Morgan fingerprint density at radius 3 is 2.85 bits per heavy atom. The number of amides is 1. The number of benzene rings is 1. The number of hydrogen-bond acceptors (Lipinski definition) is 2. The Morgan fingerprint density at radius 1 is 1.15 bits per heavy atom. The van der Waals surface area contributed by atoms with Crippen LogP contribution in [-0.2, 0) is 19.4 Å². The third-order valence-electron chi connectivity index (χ3n) is 5.59. The van der Waals surface area contributed by atoms with Gasteiger partial charge in [-0.15, -0.1) is 0 Å². The summed E-state index contributed by atoms with van der Waals surface area (Å²) in [6.45, 7) is 5.21. The summed E-state index contributed by atoms with van der Waals surface area (Å²) < 4.78 is 2.37. The van der Waals surface area contributed by atoms with Crippen LogP contribution in [0.25, 0.3) is 11.0 Å². The lowest BCUT2D eigenvalue weighted by molar-refractivity contribution is 0.0938. The summed E-state index contributed by atoms with van der Waals surface area (Å²) in [6.07, 6.45) is 5.33. The predicted molar refractivity (Wildman–Crippen MR) is 109 cm³/mol. The standard InChI is InChI=1S/C23H27N3O/c1-3-19-15-18-12-13-21-16(2)24-23(27)20-11-7-6-10-17(20)9-5-4-8-14-26(19)22(18)25-21/h6-7,10-13,15-16H,3-5,8-9,14H2,1-2H3,(H,24,27). The zero-order valence-corrected chi connectivity index (χ0v) is 16.2. The van der Waals surface area contributed by atoms with E-state index < -0.39 is 0 Å². The van der Waals surface area contributed by atoms with E-state index in [0.717, 1.165) is 61.1 Å². The minimum atomic E-state index is -0.133. The van der Waals surface area contributed by atoms with Gasteiger partial charge in [0, 0.05) is 23.2 Å². The van der Waals surface area contributed by atoms with Gasteiger partial charge < -0.3 is 9.88 Å². The zero-order valence-electron chi connectivity index (χ0n) is 16.2. The molecule has 3 heterocycles. The van der Waals surface area contributed by atoms with Crippen molar-refractivity contribution in [3.8, 4) is 0 Å². The van der Waals surface area contributed by atoms with Crippen LogP contribution in [0.4, 0.5) is 0 Å². The molecule has 140 valence electrons. The van der Waals surface area contributed by atoms with Gasteiger partial charge in [0.15, 0.2) is 0 Å². The number of nitrogens with zero attached hydrogens (tertiary/aromatic N) is 2. The first-order valence-electron chi connectivity index (χ1n) is 10.0. The first-order valence-corrected chi connectivity index (χ1v) is 10.0. The number of carbonyl (C=O) groups is 1. The van der Waals surface area contributed by atoms with Crippen molar-refractivity contribution < 1.29 is 4.79 Å². The molecule has 1 unspecified atom stereocenters. The van der Waals surface area contributed by atoms with E-state index in [1.165, 1.54) is 11.1 Å². The van der Waals surface area contributed by atoms with Gasteiger partial charge in [-0.3, -0.25) is 4.79 Å². The Bertz CT molecular complexity index is 973. The summed E-state index contributed by atoms with van der Waals surface area (Å²) in [5.41, 5.74) is 5.22. The van der Waals surface area contributed by atoms with Crippen LogP contribution >= 0.6 is 0 Å².